The van der Waals surface area contributed by atoms with E-state index in [0.717, 1.165) is 0 Å². The van der Waals surface area contributed by atoms with Crippen molar-refractivity contribution in [1.82, 2.24) is 4.98 Å². The molecule has 24 heavy (non-hydrogen) atoms. The van der Waals surface area contributed by atoms with Crippen molar-refractivity contribution in [2.75, 3.05) is 17.7 Å². The zero-order valence-electron chi connectivity index (χ0n) is 14.2. The summed E-state index contributed by atoms with van der Waals surface area (Å²) in [6.07, 6.45) is 1.50. The third kappa shape index (κ3) is 4.32. The smallest absolute Gasteiger partial charge is 0.260 e. The van der Waals surface area contributed by atoms with Gasteiger partial charge in [0.05, 0.1) is 24.6 Å². The van der Waals surface area contributed by atoms with E-state index in [-0.39, 0.29) is 11.8 Å². The summed E-state index contributed by atoms with van der Waals surface area (Å²) in [5, 5.41) is 5.48. The number of rotatable bonds is 4. The topological polar surface area (TPSA) is 80.3 Å². The predicted octanol–water partition coefficient (Wildman–Crippen LogP) is 3.33. The molecule has 0 aliphatic rings. The first-order valence-corrected chi connectivity index (χ1v) is 7.53. The second-order valence-electron chi connectivity index (χ2n) is 6.29. The number of carbonyl (C=O) groups excluding carboxylic acids is 2. The van der Waals surface area contributed by atoms with E-state index in [1.54, 1.807) is 36.4 Å². The Hall–Kier alpha value is -2.89. The molecular formula is C18H21N3O3. The summed E-state index contributed by atoms with van der Waals surface area (Å²) in [4.78, 5) is 28.4. The van der Waals surface area contributed by atoms with Gasteiger partial charge in [0.15, 0.2) is 0 Å². The average Bonchev–Trinajstić information content (AvgIpc) is 2.55. The number of pyridine rings is 1. The highest BCUT2D eigenvalue weighted by atomic mass is 16.5. The lowest BCUT2D eigenvalue weighted by Crippen LogP contribution is -2.27. The molecule has 2 aromatic rings. The molecule has 0 fully saturated rings. The van der Waals surface area contributed by atoms with Gasteiger partial charge in [-0.15, -0.1) is 0 Å². The SMILES string of the molecule is COc1ccccc1C(=O)Nc1ccc(NC(=O)C(C)(C)C)cn1. The van der Waals surface area contributed by atoms with Gasteiger partial charge >= 0.3 is 0 Å². The lowest BCUT2D eigenvalue weighted by molar-refractivity contribution is -0.123. The van der Waals surface area contributed by atoms with Crippen LogP contribution in [0.4, 0.5) is 11.5 Å². The van der Waals surface area contributed by atoms with E-state index in [4.69, 9.17) is 4.74 Å². The molecule has 0 radical (unpaired) electrons. The molecule has 1 aromatic carbocycles. The molecule has 1 aromatic heterocycles. The first kappa shape index (κ1) is 17.5. The van der Waals surface area contributed by atoms with Gasteiger partial charge in [-0.05, 0) is 24.3 Å². The Kier molecular flexibility index (Phi) is 5.18. The summed E-state index contributed by atoms with van der Waals surface area (Å²) >= 11 is 0. The van der Waals surface area contributed by atoms with E-state index in [1.807, 2.05) is 20.8 Å². The lowest BCUT2D eigenvalue weighted by Gasteiger charge is -2.17. The van der Waals surface area contributed by atoms with Gasteiger partial charge in [0.1, 0.15) is 11.6 Å². The average molecular weight is 327 g/mol. The highest BCUT2D eigenvalue weighted by molar-refractivity contribution is 6.05. The maximum absolute atomic E-state index is 12.3. The first-order valence-electron chi connectivity index (χ1n) is 7.53. The molecule has 0 bridgehead atoms. The Morgan fingerprint density at radius 1 is 1.04 bits per heavy atom. The Bertz CT molecular complexity index is 734. The number of aromatic nitrogens is 1. The number of nitrogens with zero attached hydrogens (tertiary/aromatic N) is 1. The van der Waals surface area contributed by atoms with E-state index in [1.165, 1.54) is 13.3 Å². The Morgan fingerprint density at radius 3 is 2.33 bits per heavy atom. The molecule has 0 saturated carbocycles. The van der Waals surface area contributed by atoms with Crippen LogP contribution in [-0.2, 0) is 4.79 Å². The first-order chi connectivity index (χ1) is 11.3. The van der Waals surface area contributed by atoms with Gasteiger partial charge in [0, 0.05) is 5.41 Å². The zero-order chi connectivity index (χ0) is 17.7. The fourth-order valence-corrected chi connectivity index (χ4v) is 1.88. The van der Waals surface area contributed by atoms with Crippen LogP contribution in [0.2, 0.25) is 0 Å². The minimum Gasteiger partial charge on any atom is -0.496 e. The summed E-state index contributed by atoms with van der Waals surface area (Å²) in [5.41, 5.74) is 0.508. The van der Waals surface area contributed by atoms with Gasteiger partial charge in [-0.25, -0.2) is 4.98 Å². The number of hydrogen-bond donors (Lipinski definition) is 2. The fourth-order valence-electron chi connectivity index (χ4n) is 1.88. The molecule has 0 atom stereocenters. The van der Waals surface area contributed by atoms with Crippen LogP contribution in [-0.4, -0.2) is 23.9 Å². The Balaban J connectivity index is 2.06. The number of nitrogens with one attached hydrogen (secondary N) is 2. The number of hydrogen-bond acceptors (Lipinski definition) is 4. The van der Waals surface area contributed by atoms with Crippen LogP contribution >= 0.6 is 0 Å². The maximum Gasteiger partial charge on any atom is 0.260 e. The van der Waals surface area contributed by atoms with Crippen molar-refractivity contribution in [3.63, 3.8) is 0 Å². The Labute approximate surface area is 141 Å². The molecule has 2 rings (SSSR count). The van der Waals surface area contributed by atoms with Crippen LogP contribution < -0.4 is 15.4 Å². The molecular weight excluding hydrogens is 306 g/mol. The molecule has 0 spiro atoms. The van der Waals surface area contributed by atoms with Crippen molar-refractivity contribution >= 4 is 23.3 Å². The summed E-state index contributed by atoms with van der Waals surface area (Å²) in [6, 6.07) is 10.3. The number of carbonyl (C=O) groups is 2. The van der Waals surface area contributed by atoms with E-state index in [9.17, 15) is 9.59 Å². The van der Waals surface area contributed by atoms with E-state index in [0.29, 0.717) is 22.8 Å². The van der Waals surface area contributed by atoms with Gasteiger partial charge in [-0.3, -0.25) is 9.59 Å². The highest BCUT2D eigenvalue weighted by Gasteiger charge is 2.21. The summed E-state index contributed by atoms with van der Waals surface area (Å²) < 4.78 is 5.17. The molecule has 0 saturated heterocycles. The minimum absolute atomic E-state index is 0.102. The standard InChI is InChI=1S/C18H21N3O3/c1-18(2,3)17(23)20-12-9-10-15(19-11-12)21-16(22)13-7-5-6-8-14(13)24-4/h5-11H,1-4H3,(H,20,23)(H,19,21,22). The third-order valence-electron chi connectivity index (χ3n) is 3.30. The van der Waals surface area contributed by atoms with Crippen LogP contribution in [0.5, 0.6) is 5.75 Å². The quantitative estimate of drug-likeness (QED) is 0.902. The fraction of sp³-hybridized carbons (Fsp3) is 0.278. The van der Waals surface area contributed by atoms with Gasteiger partial charge in [-0.1, -0.05) is 32.9 Å². The predicted molar refractivity (Wildman–Crippen MR) is 93.3 cm³/mol. The van der Waals surface area contributed by atoms with Crippen molar-refractivity contribution in [3.05, 3.63) is 48.2 Å². The second kappa shape index (κ2) is 7.12. The normalized spacial score (nSPS) is 10.8. The Morgan fingerprint density at radius 2 is 1.75 bits per heavy atom. The van der Waals surface area contributed by atoms with E-state index in [2.05, 4.69) is 15.6 Å². The van der Waals surface area contributed by atoms with Crippen LogP contribution in [0, 0.1) is 5.41 Å². The van der Waals surface area contributed by atoms with Gasteiger partial charge in [-0.2, -0.15) is 0 Å². The number of ether oxygens (including phenoxy) is 1. The molecule has 1 heterocycles. The van der Waals surface area contributed by atoms with E-state index >= 15 is 0 Å². The number of anilines is 2. The summed E-state index contributed by atoms with van der Waals surface area (Å²) in [6.45, 7) is 5.49. The molecule has 6 heteroatoms. The van der Waals surface area contributed by atoms with Crippen LogP contribution in [0.25, 0.3) is 0 Å². The summed E-state index contributed by atoms with van der Waals surface area (Å²) in [7, 11) is 1.51. The number of amides is 2. The van der Waals surface area contributed by atoms with Crippen LogP contribution in [0.15, 0.2) is 42.6 Å². The molecule has 0 aliphatic heterocycles. The van der Waals surface area contributed by atoms with Crippen LogP contribution in [0.3, 0.4) is 0 Å². The van der Waals surface area contributed by atoms with Crippen molar-refractivity contribution in [3.8, 4) is 5.75 Å². The van der Waals surface area contributed by atoms with Crippen molar-refractivity contribution in [2.24, 2.45) is 5.41 Å². The van der Waals surface area contributed by atoms with Crippen molar-refractivity contribution in [1.29, 1.82) is 0 Å². The number of para-hydroxylation sites is 1. The van der Waals surface area contributed by atoms with Gasteiger partial charge in [0.25, 0.3) is 5.91 Å². The van der Waals surface area contributed by atoms with Crippen molar-refractivity contribution < 1.29 is 14.3 Å². The molecule has 2 N–H and O–H groups in total. The maximum atomic E-state index is 12.3. The monoisotopic (exact) mass is 327 g/mol. The number of methoxy groups -OCH3 is 1. The van der Waals surface area contributed by atoms with E-state index < -0.39 is 5.41 Å². The minimum atomic E-state index is -0.489. The van der Waals surface area contributed by atoms with Crippen molar-refractivity contribution in [2.45, 2.75) is 20.8 Å². The molecule has 0 aliphatic carbocycles. The largest absolute Gasteiger partial charge is 0.496 e. The molecule has 126 valence electrons. The molecule has 6 nitrogen and oxygen atoms in total. The second-order valence-corrected chi connectivity index (χ2v) is 6.29. The molecule has 2 amide bonds. The number of benzene rings is 1. The van der Waals surface area contributed by atoms with Crippen LogP contribution in [0.1, 0.15) is 31.1 Å². The highest BCUT2D eigenvalue weighted by Crippen LogP contribution is 2.20. The lowest BCUT2D eigenvalue weighted by atomic mass is 9.96. The summed E-state index contributed by atoms with van der Waals surface area (Å²) in [5.74, 6) is 0.463. The zero-order valence-corrected chi connectivity index (χ0v) is 14.2. The van der Waals surface area contributed by atoms with Gasteiger partial charge < -0.3 is 15.4 Å². The third-order valence-corrected chi connectivity index (χ3v) is 3.30. The van der Waals surface area contributed by atoms with Gasteiger partial charge in [0.2, 0.25) is 5.91 Å². The molecule has 0 unspecified atom stereocenters.